The summed E-state index contributed by atoms with van der Waals surface area (Å²) in [6.07, 6.45) is -0.524. The molecule has 2 atom stereocenters. The van der Waals surface area contributed by atoms with Gasteiger partial charge in [-0.3, -0.25) is 4.79 Å². The SMILES string of the molecule is CC(O)CNC(=O)C(C)Sc1nc2ccccc2s1. The van der Waals surface area contributed by atoms with E-state index < -0.39 is 6.10 Å². The van der Waals surface area contributed by atoms with Gasteiger partial charge in [0, 0.05) is 6.54 Å². The van der Waals surface area contributed by atoms with Crippen molar-refractivity contribution in [3.05, 3.63) is 24.3 Å². The normalized spacial score (nSPS) is 14.3. The number of carbonyl (C=O) groups is 1. The van der Waals surface area contributed by atoms with Crippen LogP contribution in [0.2, 0.25) is 0 Å². The van der Waals surface area contributed by atoms with Crippen LogP contribution in [0.3, 0.4) is 0 Å². The first kappa shape index (κ1) is 14.3. The Morgan fingerprint density at radius 2 is 2.21 bits per heavy atom. The second-order valence-electron chi connectivity index (χ2n) is 4.30. The molecule has 0 saturated carbocycles. The number of aromatic nitrogens is 1. The molecule has 4 nitrogen and oxygen atoms in total. The number of amides is 1. The number of nitrogens with one attached hydrogen (secondary N) is 1. The van der Waals surface area contributed by atoms with E-state index in [1.54, 1.807) is 18.3 Å². The van der Waals surface area contributed by atoms with Gasteiger partial charge in [0.2, 0.25) is 5.91 Å². The summed E-state index contributed by atoms with van der Waals surface area (Å²) in [5, 5.41) is 11.6. The highest BCUT2D eigenvalue weighted by molar-refractivity contribution is 8.02. The Morgan fingerprint density at radius 1 is 1.47 bits per heavy atom. The highest BCUT2D eigenvalue weighted by Gasteiger charge is 2.16. The Balaban J connectivity index is 1.98. The minimum atomic E-state index is -0.524. The van der Waals surface area contributed by atoms with Gasteiger partial charge in [-0.25, -0.2) is 4.98 Å². The fourth-order valence-electron chi connectivity index (χ4n) is 1.50. The third-order valence-corrected chi connectivity index (χ3v) is 4.72. The second-order valence-corrected chi connectivity index (χ2v) is 6.92. The van der Waals surface area contributed by atoms with E-state index in [1.165, 1.54) is 11.8 Å². The highest BCUT2D eigenvalue weighted by Crippen LogP contribution is 2.31. The van der Waals surface area contributed by atoms with E-state index in [4.69, 9.17) is 5.11 Å². The van der Waals surface area contributed by atoms with Crippen molar-refractivity contribution in [1.82, 2.24) is 10.3 Å². The van der Waals surface area contributed by atoms with E-state index >= 15 is 0 Å². The molecule has 19 heavy (non-hydrogen) atoms. The number of aliphatic hydroxyl groups excluding tert-OH is 1. The van der Waals surface area contributed by atoms with Crippen LogP contribution in [0.1, 0.15) is 13.8 Å². The number of hydrogen-bond donors (Lipinski definition) is 2. The molecule has 0 fully saturated rings. The lowest BCUT2D eigenvalue weighted by Crippen LogP contribution is -2.35. The maximum atomic E-state index is 11.8. The second kappa shape index (κ2) is 6.36. The van der Waals surface area contributed by atoms with Crippen molar-refractivity contribution in [2.75, 3.05) is 6.54 Å². The summed E-state index contributed by atoms with van der Waals surface area (Å²) in [5.74, 6) is -0.0786. The molecule has 2 N–H and O–H groups in total. The summed E-state index contributed by atoms with van der Waals surface area (Å²) in [7, 11) is 0. The molecule has 0 aliphatic rings. The Hall–Kier alpha value is -1.11. The molecule has 1 heterocycles. The minimum Gasteiger partial charge on any atom is -0.392 e. The van der Waals surface area contributed by atoms with Crippen molar-refractivity contribution < 1.29 is 9.90 Å². The quantitative estimate of drug-likeness (QED) is 0.831. The first-order valence-corrected chi connectivity index (χ1v) is 7.74. The molecule has 2 unspecified atom stereocenters. The molecule has 0 saturated heterocycles. The molecule has 102 valence electrons. The van der Waals surface area contributed by atoms with Gasteiger partial charge in [0.25, 0.3) is 0 Å². The van der Waals surface area contributed by atoms with E-state index in [0.29, 0.717) is 0 Å². The summed E-state index contributed by atoms with van der Waals surface area (Å²) in [5.41, 5.74) is 0.964. The molecule has 2 aromatic rings. The fraction of sp³-hybridized carbons (Fsp3) is 0.385. The third kappa shape index (κ3) is 3.92. The number of benzene rings is 1. The van der Waals surface area contributed by atoms with Gasteiger partial charge in [-0.2, -0.15) is 0 Å². The van der Waals surface area contributed by atoms with Gasteiger partial charge in [0.05, 0.1) is 21.6 Å². The largest absolute Gasteiger partial charge is 0.392 e. The number of para-hydroxylation sites is 1. The van der Waals surface area contributed by atoms with E-state index in [2.05, 4.69) is 10.3 Å². The number of fused-ring (bicyclic) bond motifs is 1. The third-order valence-electron chi connectivity index (χ3n) is 2.49. The lowest BCUT2D eigenvalue weighted by atomic mass is 10.3. The Bertz CT molecular complexity index is 536. The number of thiazole rings is 1. The van der Waals surface area contributed by atoms with E-state index in [1.807, 2.05) is 31.2 Å². The van der Waals surface area contributed by atoms with Crippen LogP contribution < -0.4 is 5.32 Å². The maximum Gasteiger partial charge on any atom is 0.233 e. The Kier molecular flexibility index (Phi) is 4.79. The fourth-order valence-corrected chi connectivity index (χ4v) is 3.73. The van der Waals surface area contributed by atoms with Crippen LogP contribution in [-0.2, 0) is 4.79 Å². The molecule has 0 aliphatic heterocycles. The van der Waals surface area contributed by atoms with Crippen molar-refractivity contribution in [2.24, 2.45) is 0 Å². The number of hydrogen-bond acceptors (Lipinski definition) is 5. The standard InChI is InChI=1S/C13H16N2O2S2/c1-8(16)7-14-12(17)9(2)18-13-15-10-5-3-4-6-11(10)19-13/h3-6,8-9,16H,7H2,1-2H3,(H,14,17). The summed E-state index contributed by atoms with van der Waals surface area (Å²) >= 11 is 3.03. The van der Waals surface area contributed by atoms with Crippen molar-refractivity contribution in [3.63, 3.8) is 0 Å². The molecule has 6 heteroatoms. The van der Waals surface area contributed by atoms with Crippen LogP contribution in [0.25, 0.3) is 10.2 Å². The van der Waals surface area contributed by atoms with E-state index in [9.17, 15) is 4.79 Å². The predicted molar refractivity (Wildman–Crippen MR) is 79.6 cm³/mol. The molecule has 0 aliphatic carbocycles. The van der Waals surface area contributed by atoms with Crippen molar-refractivity contribution in [1.29, 1.82) is 0 Å². The number of rotatable bonds is 5. The monoisotopic (exact) mass is 296 g/mol. The first-order chi connectivity index (χ1) is 9.06. The summed E-state index contributed by atoms with van der Waals surface area (Å²) in [6, 6.07) is 7.92. The summed E-state index contributed by atoms with van der Waals surface area (Å²) < 4.78 is 2.02. The zero-order valence-corrected chi connectivity index (χ0v) is 12.4. The van der Waals surface area contributed by atoms with Gasteiger partial charge >= 0.3 is 0 Å². The molecule has 1 aromatic carbocycles. The molecule has 0 radical (unpaired) electrons. The van der Waals surface area contributed by atoms with Crippen LogP contribution in [-0.4, -0.2) is 33.9 Å². The van der Waals surface area contributed by atoms with Crippen LogP contribution in [0, 0.1) is 0 Å². The van der Waals surface area contributed by atoms with Crippen molar-refractivity contribution in [3.8, 4) is 0 Å². The molecule has 1 aromatic heterocycles. The summed E-state index contributed by atoms with van der Waals surface area (Å²) in [6.45, 7) is 3.77. The van der Waals surface area contributed by atoms with Gasteiger partial charge in [-0.1, -0.05) is 23.9 Å². The molecule has 0 spiro atoms. The smallest absolute Gasteiger partial charge is 0.233 e. The lowest BCUT2D eigenvalue weighted by Gasteiger charge is -2.11. The zero-order valence-electron chi connectivity index (χ0n) is 10.8. The summed E-state index contributed by atoms with van der Waals surface area (Å²) in [4.78, 5) is 16.3. The molecule has 0 bridgehead atoms. The van der Waals surface area contributed by atoms with Crippen LogP contribution in [0.15, 0.2) is 28.6 Å². The van der Waals surface area contributed by atoms with Gasteiger partial charge in [0.15, 0.2) is 4.34 Å². The average molecular weight is 296 g/mol. The van der Waals surface area contributed by atoms with Gasteiger partial charge in [-0.15, -0.1) is 11.3 Å². The number of thioether (sulfide) groups is 1. The van der Waals surface area contributed by atoms with Crippen LogP contribution >= 0.6 is 23.1 Å². The first-order valence-electron chi connectivity index (χ1n) is 6.04. The predicted octanol–water partition coefficient (Wildman–Crippen LogP) is 2.27. The van der Waals surface area contributed by atoms with Gasteiger partial charge in [0.1, 0.15) is 0 Å². The van der Waals surface area contributed by atoms with Crippen LogP contribution in [0.4, 0.5) is 0 Å². The molecule has 2 rings (SSSR count). The molecular formula is C13H16N2O2S2. The minimum absolute atomic E-state index is 0.0786. The Labute approximate surface area is 120 Å². The number of carbonyl (C=O) groups excluding carboxylic acids is 1. The van der Waals surface area contributed by atoms with Crippen molar-refractivity contribution >= 4 is 39.2 Å². The lowest BCUT2D eigenvalue weighted by molar-refractivity contribution is -0.120. The van der Waals surface area contributed by atoms with Crippen molar-refractivity contribution in [2.45, 2.75) is 29.5 Å². The van der Waals surface area contributed by atoms with E-state index in [-0.39, 0.29) is 17.7 Å². The topological polar surface area (TPSA) is 62.2 Å². The number of nitrogens with zero attached hydrogens (tertiary/aromatic N) is 1. The number of aliphatic hydroxyl groups is 1. The van der Waals surface area contributed by atoms with E-state index in [0.717, 1.165) is 14.6 Å². The Morgan fingerprint density at radius 3 is 2.89 bits per heavy atom. The zero-order chi connectivity index (χ0) is 13.8. The maximum absolute atomic E-state index is 11.8. The van der Waals surface area contributed by atoms with Gasteiger partial charge < -0.3 is 10.4 Å². The molecule has 1 amide bonds. The van der Waals surface area contributed by atoms with Gasteiger partial charge in [-0.05, 0) is 26.0 Å². The van der Waals surface area contributed by atoms with Crippen LogP contribution in [0.5, 0.6) is 0 Å². The molecular weight excluding hydrogens is 280 g/mol. The highest BCUT2D eigenvalue weighted by atomic mass is 32.2. The average Bonchev–Trinajstić information content (AvgIpc) is 2.77.